The van der Waals surface area contributed by atoms with E-state index < -0.39 is 21.5 Å². The molecule has 1 atom stereocenters. The van der Waals surface area contributed by atoms with Crippen molar-refractivity contribution in [3.63, 3.8) is 0 Å². The topological polar surface area (TPSA) is 37.4 Å². The molecule has 0 bridgehead atoms. The number of thiophene rings is 1. The van der Waals surface area contributed by atoms with E-state index in [2.05, 4.69) is 4.90 Å². The highest BCUT2D eigenvalue weighted by atomic mass is 35.5. The van der Waals surface area contributed by atoms with E-state index in [1.54, 1.807) is 11.3 Å². The highest BCUT2D eigenvalue weighted by molar-refractivity contribution is 8.00. The highest BCUT2D eigenvalue weighted by Gasteiger charge is 2.35. The van der Waals surface area contributed by atoms with Crippen molar-refractivity contribution in [2.24, 2.45) is 0 Å². The lowest BCUT2D eigenvalue weighted by Gasteiger charge is -2.41. The smallest absolute Gasteiger partial charge is 0.176 e. The summed E-state index contributed by atoms with van der Waals surface area (Å²) in [4.78, 5) is 3.25. The monoisotopic (exact) mass is 465 g/mol. The van der Waals surface area contributed by atoms with Gasteiger partial charge in [0.2, 0.25) is 0 Å². The Balaban J connectivity index is 1.71. The standard InChI is InChI=1S/C22H18ClF2NO2S2/c1-30(27,28)22(15-9-18(24)11-19(25)10-15)16-12-26(13-16)21(20-3-2-8-29-20)14-4-6-17(23)7-5-14/h2-11,21H,12-13H2,1H3/t21-/m0/s1. The maximum atomic E-state index is 13.7. The maximum absolute atomic E-state index is 13.7. The molecule has 1 aliphatic rings. The molecule has 1 aromatic heterocycles. The van der Waals surface area contributed by atoms with Crippen LogP contribution < -0.4 is 0 Å². The molecule has 4 rings (SSSR count). The van der Waals surface area contributed by atoms with Gasteiger partial charge >= 0.3 is 0 Å². The van der Waals surface area contributed by atoms with Crippen molar-refractivity contribution in [1.29, 1.82) is 0 Å². The van der Waals surface area contributed by atoms with E-state index in [0.29, 0.717) is 23.7 Å². The third-order valence-electron chi connectivity index (χ3n) is 4.97. The number of hydrogen-bond donors (Lipinski definition) is 0. The number of nitrogens with zero attached hydrogens (tertiary/aromatic N) is 1. The van der Waals surface area contributed by atoms with Gasteiger partial charge in [-0.05, 0) is 52.4 Å². The molecule has 0 spiro atoms. The van der Waals surface area contributed by atoms with E-state index in [-0.39, 0.29) is 16.5 Å². The van der Waals surface area contributed by atoms with Crippen LogP contribution in [-0.4, -0.2) is 32.7 Å². The summed E-state index contributed by atoms with van der Waals surface area (Å²) in [6.07, 6.45) is 1.07. The minimum absolute atomic E-state index is 0.00168. The van der Waals surface area contributed by atoms with Gasteiger partial charge in [0.15, 0.2) is 9.84 Å². The molecule has 1 saturated heterocycles. The number of halogens is 3. The summed E-state index contributed by atoms with van der Waals surface area (Å²) in [7, 11) is -3.68. The number of sulfone groups is 1. The summed E-state index contributed by atoms with van der Waals surface area (Å²) in [5, 5.41) is 2.63. The molecule has 0 aliphatic carbocycles. The third-order valence-corrected chi connectivity index (χ3v) is 7.41. The Morgan fingerprint density at radius 1 is 1.07 bits per heavy atom. The van der Waals surface area contributed by atoms with Gasteiger partial charge in [0.05, 0.1) is 10.9 Å². The van der Waals surface area contributed by atoms with Gasteiger partial charge < -0.3 is 0 Å². The summed E-state index contributed by atoms with van der Waals surface area (Å²) >= 11 is 7.65. The Morgan fingerprint density at radius 3 is 2.23 bits per heavy atom. The normalized spacial score (nSPS) is 15.7. The Hall–Kier alpha value is -2.06. The molecule has 0 radical (unpaired) electrons. The van der Waals surface area contributed by atoms with Crippen molar-refractivity contribution < 1.29 is 17.2 Å². The van der Waals surface area contributed by atoms with E-state index in [4.69, 9.17) is 11.6 Å². The van der Waals surface area contributed by atoms with Crippen LogP contribution in [0.25, 0.3) is 4.91 Å². The zero-order valence-corrected chi connectivity index (χ0v) is 18.4. The quantitative estimate of drug-likeness (QED) is 0.496. The van der Waals surface area contributed by atoms with E-state index in [1.165, 1.54) is 0 Å². The van der Waals surface area contributed by atoms with Gasteiger partial charge in [0.1, 0.15) is 11.6 Å². The second-order valence-corrected chi connectivity index (χ2v) is 10.6. The minimum Gasteiger partial charge on any atom is -0.284 e. The number of benzene rings is 2. The Labute approximate surface area is 183 Å². The van der Waals surface area contributed by atoms with Gasteiger partial charge in [0.25, 0.3) is 0 Å². The predicted molar refractivity (Wildman–Crippen MR) is 117 cm³/mol. The molecule has 156 valence electrons. The van der Waals surface area contributed by atoms with Gasteiger partial charge in [-0.2, -0.15) is 0 Å². The van der Waals surface area contributed by atoms with Crippen molar-refractivity contribution >= 4 is 37.7 Å². The van der Waals surface area contributed by atoms with Crippen molar-refractivity contribution in [3.8, 4) is 0 Å². The van der Waals surface area contributed by atoms with Crippen molar-refractivity contribution in [2.75, 3.05) is 19.3 Å². The van der Waals surface area contributed by atoms with Crippen molar-refractivity contribution in [1.82, 2.24) is 4.90 Å². The molecule has 0 amide bonds. The average molecular weight is 466 g/mol. The molecule has 0 N–H and O–H groups in total. The molecule has 2 aromatic carbocycles. The molecule has 0 saturated carbocycles. The average Bonchev–Trinajstić information content (AvgIpc) is 3.13. The van der Waals surface area contributed by atoms with E-state index in [9.17, 15) is 17.2 Å². The summed E-state index contributed by atoms with van der Waals surface area (Å²) in [6.45, 7) is 0.761. The minimum atomic E-state index is -3.68. The van der Waals surface area contributed by atoms with Gasteiger partial charge in [-0.1, -0.05) is 29.8 Å². The molecular weight excluding hydrogens is 448 g/mol. The van der Waals surface area contributed by atoms with Gasteiger partial charge in [-0.25, -0.2) is 17.2 Å². The molecule has 1 aliphatic heterocycles. The number of likely N-dealkylation sites (tertiary alicyclic amines) is 1. The summed E-state index contributed by atoms with van der Waals surface area (Å²) in [5.74, 6) is -1.61. The molecular formula is C22H18ClF2NO2S2. The van der Waals surface area contributed by atoms with E-state index in [0.717, 1.165) is 34.9 Å². The molecule has 8 heteroatoms. The molecule has 2 heterocycles. The van der Waals surface area contributed by atoms with E-state index in [1.807, 2.05) is 41.8 Å². The second kappa shape index (κ2) is 8.23. The van der Waals surface area contributed by atoms with Gasteiger partial charge in [-0.3, -0.25) is 4.90 Å². The lowest BCUT2D eigenvalue weighted by Crippen LogP contribution is -2.44. The van der Waals surface area contributed by atoms with Crippen LogP contribution in [0.5, 0.6) is 0 Å². The molecule has 30 heavy (non-hydrogen) atoms. The zero-order valence-electron chi connectivity index (χ0n) is 16.0. The van der Waals surface area contributed by atoms with Gasteiger partial charge in [-0.15, -0.1) is 11.3 Å². The first kappa shape index (κ1) is 21.2. The Kier molecular flexibility index (Phi) is 5.81. The van der Waals surface area contributed by atoms with Crippen LogP contribution >= 0.6 is 22.9 Å². The highest BCUT2D eigenvalue weighted by Crippen LogP contribution is 2.39. The second-order valence-electron chi connectivity index (χ2n) is 7.24. The fraction of sp³-hybridized carbons (Fsp3) is 0.182. The van der Waals surface area contributed by atoms with Gasteiger partial charge in [0, 0.05) is 35.3 Å². The fourth-order valence-electron chi connectivity index (χ4n) is 3.78. The zero-order chi connectivity index (χ0) is 21.5. The summed E-state index contributed by atoms with van der Waals surface area (Å²) < 4.78 is 52.4. The Morgan fingerprint density at radius 2 is 1.70 bits per heavy atom. The number of rotatable bonds is 5. The van der Waals surface area contributed by atoms with Crippen molar-refractivity contribution in [2.45, 2.75) is 6.04 Å². The van der Waals surface area contributed by atoms with Crippen LogP contribution in [0, 0.1) is 11.6 Å². The molecule has 3 aromatic rings. The molecule has 0 unspecified atom stereocenters. The Bertz CT molecular complexity index is 1180. The first-order valence-corrected chi connectivity index (χ1v) is 12.3. The largest absolute Gasteiger partial charge is 0.284 e. The fourth-order valence-corrected chi connectivity index (χ4v) is 5.99. The van der Waals surface area contributed by atoms with Crippen LogP contribution in [-0.2, 0) is 9.84 Å². The SMILES string of the molecule is CS(=O)(=O)C(=C1CN([C@@H](c2ccc(Cl)cc2)c2cccs2)C1)c1cc(F)cc(F)c1. The lowest BCUT2D eigenvalue weighted by atomic mass is 9.96. The molecule has 3 nitrogen and oxygen atoms in total. The van der Waals surface area contributed by atoms with Crippen LogP contribution in [0.15, 0.2) is 65.6 Å². The van der Waals surface area contributed by atoms with Crippen LogP contribution in [0.3, 0.4) is 0 Å². The number of hydrogen-bond acceptors (Lipinski definition) is 4. The first-order chi connectivity index (χ1) is 14.2. The van der Waals surface area contributed by atoms with Crippen LogP contribution in [0.2, 0.25) is 5.02 Å². The first-order valence-electron chi connectivity index (χ1n) is 9.14. The van der Waals surface area contributed by atoms with Crippen LogP contribution in [0.4, 0.5) is 8.78 Å². The predicted octanol–water partition coefficient (Wildman–Crippen LogP) is 5.54. The van der Waals surface area contributed by atoms with E-state index >= 15 is 0 Å². The third kappa shape index (κ3) is 4.34. The van der Waals surface area contributed by atoms with Crippen LogP contribution in [0.1, 0.15) is 22.0 Å². The lowest BCUT2D eigenvalue weighted by molar-refractivity contribution is 0.205. The maximum Gasteiger partial charge on any atom is 0.176 e. The molecule has 1 fully saturated rings. The van der Waals surface area contributed by atoms with Crippen molar-refractivity contribution in [3.05, 3.63) is 98.2 Å². The summed E-state index contributed by atoms with van der Waals surface area (Å²) in [6, 6.07) is 14.3. The summed E-state index contributed by atoms with van der Waals surface area (Å²) in [5.41, 5.74) is 1.72.